The summed E-state index contributed by atoms with van der Waals surface area (Å²) in [5.74, 6) is 2.45. The predicted octanol–water partition coefficient (Wildman–Crippen LogP) is 3.89. The first-order valence-electron chi connectivity index (χ1n) is 5.06. The van der Waals surface area contributed by atoms with Gasteiger partial charge in [-0.05, 0) is 60.8 Å². The number of allylic oxidation sites excluding steroid dienone is 2. The first-order valence-corrected chi connectivity index (χ1v) is 7.85. The Morgan fingerprint density at radius 1 is 0.929 bits per heavy atom. The van der Waals surface area contributed by atoms with E-state index in [9.17, 15) is 0 Å². The van der Waals surface area contributed by atoms with Crippen LogP contribution in [0.15, 0.2) is 22.6 Å². The van der Waals surface area contributed by atoms with Crippen LogP contribution in [0, 0.1) is 0 Å². The Morgan fingerprint density at radius 3 is 1.64 bits per heavy atom. The summed E-state index contributed by atoms with van der Waals surface area (Å²) in [5, 5.41) is 0. The Labute approximate surface area is 95.9 Å². The molecule has 0 atom stereocenters. The molecule has 0 radical (unpaired) electrons. The molecule has 1 rings (SSSR count). The van der Waals surface area contributed by atoms with Gasteiger partial charge in [-0.25, -0.2) is 0 Å². The highest BCUT2D eigenvalue weighted by Gasteiger charge is 2.04. The Bertz CT molecular complexity index is 238. The highest BCUT2D eigenvalue weighted by Crippen LogP contribution is 2.21. The molecule has 0 amide bonds. The van der Waals surface area contributed by atoms with Gasteiger partial charge in [0, 0.05) is 0 Å². The third-order valence-corrected chi connectivity index (χ3v) is 3.59. The zero-order valence-electron chi connectivity index (χ0n) is 9.06. The molecular weight excluding hydrogens is 208 g/mol. The van der Waals surface area contributed by atoms with Gasteiger partial charge in [0.2, 0.25) is 0 Å². The molecular formula is C12H18S2. The molecule has 0 unspecified atom stereocenters. The normalized spacial score (nSPS) is 15.3. The van der Waals surface area contributed by atoms with E-state index in [0.29, 0.717) is 0 Å². The van der Waals surface area contributed by atoms with Gasteiger partial charge in [0.05, 0.1) is 0 Å². The van der Waals surface area contributed by atoms with E-state index in [0.717, 1.165) is 0 Å². The second-order valence-corrected chi connectivity index (χ2v) is 5.41. The lowest BCUT2D eigenvalue weighted by atomic mass is 9.99. The Morgan fingerprint density at radius 2 is 1.36 bits per heavy atom. The molecule has 14 heavy (non-hydrogen) atoms. The first kappa shape index (κ1) is 12.1. The monoisotopic (exact) mass is 226 g/mol. The van der Waals surface area contributed by atoms with Crippen molar-refractivity contribution >= 4 is 23.5 Å². The van der Waals surface area contributed by atoms with E-state index in [2.05, 4.69) is 24.0 Å². The molecule has 0 nitrogen and oxygen atoms in total. The molecule has 0 aliphatic heterocycles. The highest BCUT2D eigenvalue weighted by atomic mass is 32.2. The molecule has 0 saturated carbocycles. The van der Waals surface area contributed by atoms with Gasteiger partial charge in [-0.1, -0.05) is 11.5 Å². The third-order valence-electron chi connectivity index (χ3n) is 2.36. The largest absolute Gasteiger partial charge is 0.165 e. The Hall–Kier alpha value is -0.0000000000000000555. The molecule has 78 valence electrons. The maximum atomic E-state index is 3.32. The maximum absolute atomic E-state index is 3.32. The number of hydrogen-bond acceptors (Lipinski definition) is 2. The second-order valence-electron chi connectivity index (χ2n) is 3.44. The number of hydrogen-bond donors (Lipinski definition) is 0. The molecule has 0 aromatic rings. The van der Waals surface area contributed by atoms with E-state index >= 15 is 0 Å². The predicted molar refractivity (Wildman–Crippen MR) is 69.3 cm³/mol. The molecule has 2 heteroatoms. The average molecular weight is 226 g/mol. The fraction of sp³-hybridized carbons (Fsp3) is 0.667. The minimum absolute atomic E-state index is 1.20. The first-order chi connectivity index (χ1) is 6.86. The van der Waals surface area contributed by atoms with Crippen molar-refractivity contribution in [3.05, 3.63) is 22.6 Å². The zero-order valence-corrected chi connectivity index (χ0v) is 10.7. The van der Waals surface area contributed by atoms with Gasteiger partial charge in [-0.2, -0.15) is 23.5 Å². The van der Waals surface area contributed by atoms with Crippen LogP contribution in [0.2, 0.25) is 0 Å². The van der Waals surface area contributed by atoms with Crippen molar-refractivity contribution in [2.75, 3.05) is 24.0 Å². The molecule has 0 bridgehead atoms. The minimum Gasteiger partial charge on any atom is -0.165 e. The lowest BCUT2D eigenvalue weighted by Gasteiger charge is -2.08. The molecule has 0 spiro atoms. The molecule has 0 aromatic heterocycles. The van der Waals surface area contributed by atoms with Crippen molar-refractivity contribution in [1.29, 1.82) is 0 Å². The van der Waals surface area contributed by atoms with Crippen molar-refractivity contribution in [2.24, 2.45) is 0 Å². The topological polar surface area (TPSA) is 0 Å². The van der Waals surface area contributed by atoms with Crippen LogP contribution in [-0.2, 0) is 0 Å². The number of thioether (sulfide) groups is 2. The van der Waals surface area contributed by atoms with Gasteiger partial charge in [-0.15, -0.1) is 0 Å². The van der Waals surface area contributed by atoms with Gasteiger partial charge < -0.3 is 0 Å². The summed E-state index contributed by atoms with van der Waals surface area (Å²) < 4.78 is 0. The smallest absolute Gasteiger partial charge is 0.00267 e. The summed E-state index contributed by atoms with van der Waals surface area (Å²) >= 11 is 3.82. The summed E-state index contributed by atoms with van der Waals surface area (Å²) in [6.07, 6.45) is 9.15. The molecule has 1 aliphatic rings. The highest BCUT2D eigenvalue weighted by molar-refractivity contribution is 7.98. The quantitative estimate of drug-likeness (QED) is 0.630. The fourth-order valence-electron chi connectivity index (χ4n) is 1.43. The summed E-state index contributed by atoms with van der Waals surface area (Å²) in [6.45, 7) is 0. The van der Waals surface area contributed by atoms with E-state index in [4.69, 9.17) is 0 Å². The average Bonchev–Trinajstić information content (AvgIpc) is 2.25. The molecule has 0 N–H and O–H groups in total. The zero-order chi connectivity index (χ0) is 10.2. The standard InChI is InChI=1S/C12H18S2/c1-13-9-7-11-3-5-12(6-4-11)8-10-14-2/h3,5,7-10H2,1-2H3. The summed E-state index contributed by atoms with van der Waals surface area (Å²) in [5.41, 5.74) is 9.57. The van der Waals surface area contributed by atoms with E-state index in [-0.39, 0.29) is 0 Å². The fourth-order valence-corrected chi connectivity index (χ4v) is 2.33. The van der Waals surface area contributed by atoms with Crippen LogP contribution in [-0.4, -0.2) is 24.0 Å². The SMILES string of the molecule is CSCCC1=C=C=C(CCSC)CC1. The Kier molecular flexibility index (Phi) is 6.31. The van der Waals surface area contributed by atoms with Crippen molar-refractivity contribution in [3.8, 4) is 0 Å². The van der Waals surface area contributed by atoms with Crippen LogP contribution < -0.4 is 0 Å². The van der Waals surface area contributed by atoms with Crippen LogP contribution in [0.1, 0.15) is 25.7 Å². The lowest BCUT2D eigenvalue weighted by molar-refractivity contribution is 0.840. The summed E-state index contributed by atoms with van der Waals surface area (Å²) in [6, 6.07) is 0. The van der Waals surface area contributed by atoms with Crippen LogP contribution in [0.5, 0.6) is 0 Å². The van der Waals surface area contributed by atoms with Crippen LogP contribution in [0.25, 0.3) is 0 Å². The van der Waals surface area contributed by atoms with E-state index < -0.39 is 0 Å². The molecule has 0 aromatic carbocycles. The molecule has 0 fully saturated rings. The van der Waals surface area contributed by atoms with Crippen LogP contribution in [0.4, 0.5) is 0 Å². The van der Waals surface area contributed by atoms with Crippen molar-refractivity contribution < 1.29 is 0 Å². The van der Waals surface area contributed by atoms with Gasteiger partial charge in [0.1, 0.15) is 0 Å². The lowest BCUT2D eigenvalue weighted by Crippen LogP contribution is -1.93. The Balaban J connectivity index is 2.47. The summed E-state index contributed by atoms with van der Waals surface area (Å²) in [4.78, 5) is 0. The third kappa shape index (κ3) is 4.48. The summed E-state index contributed by atoms with van der Waals surface area (Å²) in [7, 11) is 0. The van der Waals surface area contributed by atoms with E-state index in [1.165, 1.54) is 48.3 Å². The van der Waals surface area contributed by atoms with Gasteiger partial charge >= 0.3 is 0 Å². The van der Waals surface area contributed by atoms with Gasteiger partial charge in [-0.3, -0.25) is 0 Å². The molecule has 0 saturated heterocycles. The van der Waals surface area contributed by atoms with Crippen LogP contribution in [0.3, 0.4) is 0 Å². The van der Waals surface area contributed by atoms with Crippen molar-refractivity contribution in [2.45, 2.75) is 25.7 Å². The molecule has 0 heterocycles. The van der Waals surface area contributed by atoms with E-state index in [1.807, 2.05) is 23.5 Å². The van der Waals surface area contributed by atoms with Crippen molar-refractivity contribution in [1.82, 2.24) is 0 Å². The van der Waals surface area contributed by atoms with E-state index in [1.54, 1.807) is 0 Å². The van der Waals surface area contributed by atoms with Gasteiger partial charge in [0.25, 0.3) is 0 Å². The minimum atomic E-state index is 1.20. The van der Waals surface area contributed by atoms with Crippen molar-refractivity contribution in [3.63, 3.8) is 0 Å². The molecule has 1 aliphatic carbocycles. The second kappa shape index (κ2) is 7.31. The van der Waals surface area contributed by atoms with Gasteiger partial charge in [0.15, 0.2) is 0 Å². The number of rotatable bonds is 6. The maximum Gasteiger partial charge on any atom is -0.00267 e. The van der Waals surface area contributed by atoms with Crippen LogP contribution >= 0.6 is 23.5 Å².